The van der Waals surface area contributed by atoms with Gasteiger partial charge in [0.05, 0.1) is 22.0 Å². The van der Waals surface area contributed by atoms with Crippen molar-refractivity contribution in [2.24, 2.45) is 0 Å². The molecule has 0 aromatic heterocycles. The smallest absolute Gasteiger partial charge is 0.264 e. The summed E-state index contributed by atoms with van der Waals surface area (Å²) in [4.78, 5) is 0.171. The summed E-state index contributed by atoms with van der Waals surface area (Å²) in [6.07, 6.45) is 2.15. The van der Waals surface area contributed by atoms with Gasteiger partial charge >= 0.3 is 0 Å². The van der Waals surface area contributed by atoms with Crippen LogP contribution in [0.3, 0.4) is 0 Å². The van der Waals surface area contributed by atoms with E-state index in [0.29, 0.717) is 30.8 Å². The standard InChI is InChI=1S/C19H22N2O4S2/c1-15-14-16-6-2-3-7-19(16)21(15)27(24,25)18-10-8-17(9-11-18)20-12-4-5-13-26(20,22)23/h2-3,6-11,15H,4-5,12-14H2,1H3. The van der Waals surface area contributed by atoms with Crippen molar-refractivity contribution in [1.29, 1.82) is 0 Å². The van der Waals surface area contributed by atoms with Crippen LogP contribution in [-0.4, -0.2) is 35.2 Å². The van der Waals surface area contributed by atoms with Gasteiger partial charge in [-0.2, -0.15) is 0 Å². The average Bonchev–Trinajstić information content (AvgIpc) is 2.98. The molecule has 0 amide bonds. The fourth-order valence-electron chi connectivity index (χ4n) is 3.88. The van der Waals surface area contributed by atoms with Crippen LogP contribution < -0.4 is 8.61 Å². The maximum atomic E-state index is 13.2. The molecule has 1 fully saturated rings. The van der Waals surface area contributed by atoms with Crippen molar-refractivity contribution in [3.63, 3.8) is 0 Å². The van der Waals surface area contributed by atoms with Crippen molar-refractivity contribution in [1.82, 2.24) is 0 Å². The lowest BCUT2D eigenvalue weighted by Crippen LogP contribution is -2.38. The number of anilines is 2. The zero-order valence-corrected chi connectivity index (χ0v) is 16.7. The Hall–Kier alpha value is -2.06. The number of nitrogens with zero attached hydrogens (tertiary/aromatic N) is 2. The number of rotatable bonds is 3. The molecule has 0 N–H and O–H groups in total. The maximum absolute atomic E-state index is 13.2. The molecule has 1 unspecified atom stereocenters. The predicted octanol–water partition coefficient (Wildman–Crippen LogP) is 2.76. The third-order valence-corrected chi connectivity index (χ3v) is 8.99. The highest BCUT2D eigenvalue weighted by Crippen LogP contribution is 2.37. The van der Waals surface area contributed by atoms with E-state index in [1.54, 1.807) is 12.1 Å². The lowest BCUT2D eigenvalue weighted by Gasteiger charge is -2.29. The number of fused-ring (bicyclic) bond motifs is 1. The van der Waals surface area contributed by atoms with Crippen molar-refractivity contribution in [2.75, 3.05) is 20.9 Å². The number of para-hydroxylation sites is 1. The van der Waals surface area contributed by atoms with Gasteiger partial charge in [0.25, 0.3) is 10.0 Å². The van der Waals surface area contributed by atoms with Crippen LogP contribution >= 0.6 is 0 Å². The Bertz CT molecular complexity index is 1060. The van der Waals surface area contributed by atoms with E-state index in [1.165, 1.54) is 20.7 Å². The normalized spacial score (nSPS) is 21.9. The van der Waals surface area contributed by atoms with Crippen molar-refractivity contribution in [3.05, 3.63) is 54.1 Å². The topological polar surface area (TPSA) is 74.8 Å². The Kier molecular flexibility index (Phi) is 4.43. The minimum absolute atomic E-state index is 0.134. The molecular weight excluding hydrogens is 384 g/mol. The monoisotopic (exact) mass is 406 g/mol. The van der Waals surface area contributed by atoms with E-state index in [-0.39, 0.29) is 16.7 Å². The average molecular weight is 407 g/mol. The van der Waals surface area contributed by atoms with Crippen molar-refractivity contribution in [2.45, 2.75) is 37.1 Å². The van der Waals surface area contributed by atoms with Crippen LogP contribution in [0.5, 0.6) is 0 Å². The van der Waals surface area contributed by atoms with Gasteiger partial charge in [-0.25, -0.2) is 16.8 Å². The lowest BCUT2D eigenvalue weighted by molar-refractivity contribution is 0.574. The van der Waals surface area contributed by atoms with Gasteiger partial charge in [0.2, 0.25) is 10.0 Å². The Balaban J connectivity index is 1.68. The molecule has 2 heterocycles. The third-order valence-electron chi connectivity index (χ3n) is 5.18. The summed E-state index contributed by atoms with van der Waals surface area (Å²) in [5.74, 6) is 0.134. The Morgan fingerprint density at radius 1 is 1.00 bits per heavy atom. The maximum Gasteiger partial charge on any atom is 0.264 e. The van der Waals surface area contributed by atoms with E-state index in [9.17, 15) is 16.8 Å². The van der Waals surface area contributed by atoms with Gasteiger partial charge in [0.1, 0.15) is 0 Å². The predicted molar refractivity (Wildman–Crippen MR) is 106 cm³/mol. The fourth-order valence-corrected chi connectivity index (χ4v) is 7.21. The molecule has 0 bridgehead atoms. The molecule has 2 aromatic rings. The molecule has 0 spiro atoms. The molecule has 144 valence electrons. The molecule has 1 atom stereocenters. The lowest BCUT2D eigenvalue weighted by atomic mass is 10.1. The van der Waals surface area contributed by atoms with E-state index >= 15 is 0 Å². The number of hydrogen-bond donors (Lipinski definition) is 0. The van der Waals surface area contributed by atoms with E-state index in [0.717, 1.165) is 12.0 Å². The van der Waals surface area contributed by atoms with E-state index < -0.39 is 20.0 Å². The van der Waals surface area contributed by atoms with Gasteiger partial charge in [-0.3, -0.25) is 8.61 Å². The van der Waals surface area contributed by atoms with Crippen molar-refractivity contribution in [3.8, 4) is 0 Å². The molecule has 0 radical (unpaired) electrons. The van der Waals surface area contributed by atoms with Gasteiger partial charge in [-0.15, -0.1) is 0 Å². The Labute approximate surface area is 160 Å². The Morgan fingerprint density at radius 3 is 2.41 bits per heavy atom. The Morgan fingerprint density at radius 2 is 1.70 bits per heavy atom. The van der Waals surface area contributed by atoms with E-state index in [4.69, 9.17) is 0 Å². The summed E-state index contributed by atoms with van der Waals surface area (Å²) in [6.45, 7) is 2.33. The number of sulfonamides is 2. The highest BCUT2D eigenvalue weighted by Gasteiger charge is 2.36. The number of hydrogen-bond acceptors (Lipinski definition) is 4. The van der Waals surface area contributed by atoms with Crippen LogP contribution in [0.1, 0.15) is 25.3 Å². The third kappa shape index (κ3) is 3.10. The minimum atomic E-state index is -3.71. The molecule has 1 saturated heterocycles. The molecule has 4 rings (SSSR count). The molecule has 8 heteroatoms. The second-order valence-electron chi connectivity index (χ2n) is 7.07. The molecule has 2 aliphatic heterocycles. The second-order valence-corrected chi connectivity index (χ2v) is 10.9. The van der Waals surface area contributed by atoms with E-state index in [1.807, 2.05) is 31.2 Å². The van der Waals surface area contributed by atoms with Gasteiger partial charge < -0.3 is 0 Å². The first-order valence-electron chi connectivity index (χ1n) is 9.03. The molecule has 0 saturated carbocycles. The molecule has 6 nitrogen and oxygen atoms in total. The van der Waals surface area contributed by atoms with Gasteiger partial charge in [-0.05, 0) is 62.1 Å². The highest BCUT2D eigenvalue weighted by atomic mass is 32.2. The number of benzene rings is 2. The second kappa shape index (κ2) is 6.53. The van der Waals surface area contributed by atoms with E-state index in [2.05, 4.69) is 0 Å². The SMILES string of the molecule is CC1Cc2ccccc2N1S(=O)(=O)c1ccc(N2CCCCS2(=O)=O)cc1. The van der Waals surface area contributed by atoms with Gasteiger partial charge in [-0.1, -0.05) is 18.2 Å². The van der Waals surface area contributed by atoms with Crippen LogP contribution in [0.4, 0.5) is 11.4 Å². The molecule has 2 aromatic carbocycles. The van der Waals surface area contributed by atoms with Crippen LogP contribution in [0.2, 0.25) is 0 Å². The van der Waals surface area contributed by atoms with Gasteiger partial charge in [0, 0.05) is 12.6 Å². The summed E-state index contributed by atoms with van der Waals surface area (Å²) in [5, 5.41) is 0. The largest absolute Gasteiger partial charge is 0.270 e. The van der Waals surface area contributed by atoms with Crippen LogP contribution in [0.25, 0.3) is 0 Å². The fraction of sp³-hybridized carbons (Fsp3) is 0.368. The summed E-state index contributed by atoms with van der Waals surface area (Å²) < 4.78 is 53.8. The van der Waals surface area contributed by atoms with Crippen molar-refractivity contribution >= 4 is 31.4 Å². The van der Waals surface area contributed by atoms with Crippen LogP contribution in [-0.2, 0) is 26.5 Å². The van der Waals surface area contributed by atoms with Crippen molar-refractivity contribution < 1.29 is 16.8 Å². The first-order valence-corrected chi connectivity index (χ1v) is 12.1. The summed E-state index contributed by atoms with van der Waals surface area (Å²) in [7, 11) is -7.03. The van der Waals surface area contributed by atoms with Crippen LogP contribution in [0, 0.1) is 0 Å². The minimum Gasteiger partial charge on any atom is -0.270 e. The summed E-state index contributed by atoms with van der Waals surface area (Å²) in [5.41, 5.74) is 2.25. The van der Waals surface area contributed by atoms with Crippen LogP contribution in [0.15, 0.2) is 53.4 Å². The van der Waals surface area contributed by atoms with Gasteiger partial charge in [0.15, 0.2) is 0 Å². The molecule has 27 heavy (non-hydrogen) atoms. The first kappa shape index (κ1) is 18.3. The highest BCUT2D eigenvalue weighted by molar-refractivity contribution is 7.93. The molecular formula is C19H22N2O4S2. The summed E-state index contributed by atoms with van der Waals surface area (Å²) in [6, 6.07) is 13.5. The summed E-state index contributed by atoms with van der Waals surface area (Å²) >= 11 is 0. The quantitative estimate of drug-likeness (QED) is 0.786. The molecule has 2 aliphatic rings. The zero-order chi connectivity index (χ0) is 19.2. The molecule has 0 aliphatic carbocycles. The zero-order valence-electron chi connectivity index (χ0n) is 15.1. The first-order chi connectivity index (χ1) is 12.8.